The van der Waals surface area contributed by atoms with Crippen molar-refractivity contribution in [3.8, 4) is 0 Å². The van der Waals surface area contributed by atoms with Gasteiger partial charge in [0.25, 0.3) is 0 Å². The van der Waals surface area contributed by atoms with Crippen LogP contribution in [0.1, 0.15) is 26.3 Å². The summed E-state index contributed by atoms with van der Waals surface area (Å²) in [6.45, 7) is 7.77. The van der Waals surface area contributed by atoms with Gasteiger partial charge < -0.3 is 9.64 Å². The minimum absolute atomic E-state index is 0.169. The van der Waals surface area contributed by atoms with Crippen molar-refractivity contribution in [2.75, 3.05) is 13.1 Å². The lowest BCUT2D eigenvalue weighted by Gasteiger charge is -2.42. The Morgan fingerprint density at radius 3 is 2.59 bits per heavy atom. The zero-order chi connectivity index (χ0) is 12.5. The van der Waals surface area contributed by atoms with Crippen molar-refractivity contribution >= 4 is 5.84 Å². The average Bonchev–Trinajstić information content (AvgIpc) is 2.26. The van der Waals surface area contributed by atoms with Gasteiger partial charge in [-0.05, 0) is 20.8 Å². The van der Waals surface area contributed by atoms with E-state index in [1.807, 2.05) is 30.3 Å². The van der Waals surface area contributed by atoms with Crippen LogP contribution in [0.5, 0.6) is 0 Å². The second-order valence-corrected chi connectivity index (χ2v) is 5.28. The molecule has 0 amide bonds. The minimum atomic E-state index is -0.182. The zero-order valence-electron chi connectivity index (χ0n) is 10.7. The monoisotopic (exact) mass is 232 g/mol. The molecule has 1 saturated heterocycles. The Bertz CT molecular complexity index is 400. The molecule has 1 N–H and O–H groups in total. The number of nitrogens with one attached hydrogen (secondary N) is 1. The number of nitrogens with zero attached hydrogens (tertiary/aromatic N) is 1. The van der Waals surface area contributed by atoms with Gasteiger partial charge in [0, 0.05) is 18.7 Å². The Hall–Kier alpha value is -1.35. The Balaban J connectivity index is 2.15. The van der Waals surface area contributed by atoms with Crippen molar-refractivity contribution in [1.82, 2.24) is 4.90 Å². The summed E-state index contributed by atoms with van der Waals surface area (Å²) in [7, 11) is 0. The van der Waals surface area contributed by atoms with Gasteiger partial charge in [-0.15, -0.1) is 0 Å². The van der Waals surface area contributed by atoms with Gasteiger partial charge in [-0.1, -0.05) is 30.3 Å². The number of amidine groups is 1. The van der Waals surface area contributed by atoms with Crippen LogP contribution in [0.3, 0.4) is 0 Å². The molecule has 1 aromatic rings. The molecule has 2 rings (SSSR count). The smallest absolute Gasteiger partial charge is 0.128 e. The molecule has 1 aliphatic rings. The summed E-state index contributed by atoms with van der Waals surface area (Å²) in [6.07, 6.45) is 0.169. The summed E-state index contributed by atoms with van der Waals surface area (Å²) in [4.78, 5) is 2.10. The molecule has 1 atom stereocenters. The molecule has 17 heavy (non-hydrogen) atoms. The Morgan fingerprint density at radius 2 is 2.00 bits per heavy atom. The molecule has 1 aliphatic heterocycles. The summed E-state index contributed by atoms with van der Waals surface area (Å²) >= 11 is 0. The maximum absolute atomic E-state index is 8.26. The van der Waals surface area contributed by atoms with Crippen molar-refractivity contribution in [2.24, 2.45) is 0 Å². The number of benzene rings is 1. The molecule has 3 heteroatoms. The lowest BCUT2D eigenvalue weighted by atomic mass is 10.0. The van der Waals surface area contributed by atoms with Crippen molar-refractivity contribution < 1.29 is 4.74 Å². The normalized spacial score (nSPS) is 23.5. The van der Waals surface area contributed by atoms with Gasteiger partial charge in [0.2, 0.25) is 0 Å². The first-order valence-electron chi connectivity index (χ1n) is 6.05. The van der Waals surface area contributed by atoms with Gasteiger partial charge in [-0.2, -0.15) is 0 Å². The van der Waals surface area contributed by atoms with E-state index in [4.69, 9.17) is 10.1 Å². The molecule has 3 nitrogen and oxygen atoms in total. The van der Waals surface area contributed by atoms with E-state index in [1.54, 1.807) is 0 Å². The highest BCUT2D eigenvalue weighted by molar-refractivity contribution is 5.96. The summed E-state index contributed by atoms with van der Waals surface area (Å²) in [5.74, 6) is 0.592. The highest BCUT2D eigenvalue weighted by atomic mass is 16.5. The molecule has 1 aromatic carbocycles. The van der Waals surface area contributed by atoms with Crippen LogP contribution in [0, 0.1) is 5.41 Å². The first-order valence-corrected chi connectivity index (χ1v) is 6.05. The van der Waals surface area contributed by atoms with Crippen LogP contribution in [0.2, 0.25) is 0 Å². The van der Waals surface area contributed by atoms with E-state index in [-0.39, 0.29) is 11.7 Å². The summed E-state index contributed by atoms with van der Waals surface area (Å²) in [6, 6.07) is 9.88. The standard InChI is InChI=1S/C14H20N2O/c1-11-9-16(10-14(2,3)17-11)13(15)12-7-5-4-6-8-12/h4-8,11,15H,9-10H2,1-3H3. The van der Waals surface area contributed by atoms with E-state index in [2.05, 4.69) is 25.7 Å². The maximum Gasteiger partial charge on any atom is 0.128 e. The number of hydrogen-bond donors (Lipinski definition) is 1. The molecule has 0 aromatic heterocycles. The molecule has 92 valence electrons. The van der Waals surface area contributed by atoms with Gasteiger partial charge in [0.1, 0.15) is 5.84 Å². The fraction of sp³-hybridized carbons (Fsp3) is 0.500. The Morgan fingerprint density at radius 1 is 1.35 bits per heavy atom. The van der Waals surface area contributed by atoms with Gasteiger partial charge in [0.15, 0.2) is 0 Å². The SMILES string of the molecule is CC1CN(C(=N)c2ccccc2)CC(C)(C)O1. The summed E-state index contributed by atoms with van der Waals surface area (Å²) in [5.41, 5.74) is 0.788. The molecular weight excluding hydrogens is 212 g/mol. The van der Waals surface area contributed by atoms with E-state index >= 15 is 0 Å². The van der Waals surface area contributed by atoms with E-state index < -0.39 is 0 Å². The largest absolute Gasteiger partial charge is 0.369 e. The molecular formula is C14H20N2O. The zero-order valence-corrected chi connectivity index (χ0v) is 10.7. The van der Waals surface area contributed by atoms with Crippen molar-refractivity contribution in [3.05, 3.63) is 35.9 Å². The lowest BCUT2D eigenvalue weighted by Crippen LogP contribution is -2.53. The second kappa shape index (κ2) is 4.49. The van der Waals surface area contributed by atoms with Crippen LogP contribution in [0.25, 0.3) is 0 Å². The minimum Gasteiger partial charge on any atom is -0.369 e. The van der Waals surface area contributed by atoms with Crippen LogP contribution in [0.15, 0.2) is 30.3 Å². The third-order valence-electron chi connectivity index (χ3n) is 2.93. The lowest BCUT2D eigenvalue weighted by molar-refractivity contribution is -0.112. The van der Waals surface area contributed by atoms with Gasteiger partial charge in [-0.25, -0.2) is 0 Å². The Kier molecular flexibility index (Phi) is 3.20. The first kappa shape index (κ1) is 12.1. The highest BCUT2D eigenvalue weighted by Crippen LogP contribution is 2.22. The summed E-state index contributed by atoms with van der Waals surface area (Å²) in [5, 5.41) is 8.26. The number of ether oxygens (including phenoxy) is 1. The van der Waals surface area contributed by atoms with Crippen LogP contribution in [-0.2, 0) is 4.74 Å². The molecule has 1 fully saturated rings. The van der Waals surface area contributed by atoms with E-state index in [9.17, 15) is 0 Å². The maximum atomic E-state index is 8.26. The highest BCUT2D eigenvalue weighted by Gasteiger charge is 2.32. The summed E-state index contributed by atoms with van der Waals surface area (Å²) < 4.78 is 5.85. The molecule has 1 heterocycles. The topological polar surface area (TPSA) is 36.3 Å². The quantitative estimate of drug-likeness (QED) is 0.596. The fourth-order valence-corrected chi connectivity index (χ4v) is 2.40. The van der Waals surface area contributed by atoms with E-state index in [0.717, 1.165) is 18.7 Å². The van der Waals surface area contributed by atoms with E-state index in [1.165, 1.54) is 0 Å². The molecule has 0 bridgehead atoms. The number of morpholine rings is 1. The van der Waals surface area contributed by atoms with Crippen LogP contribution >= 0.6 is 0 Å². The molecule has 0 radical (unpaired) electrons. The predicted octanol–water partition coefficient (Wildman–Crippen LogP) is 2.51. The number of hydrogen-bond acceptors (Lipinski definition) is 2. The Labute approximate surface area is 103 Å². The average molecular weight is 232 g/mol. The first-order chi connectivity index (χ1) is 7.98. The van der Waals surface area contributed by atoms with Gasteiger partial charge in [-0.3, -0.25) is 5.41 Å². The molecule has 1 unspecified atom stereocenters. The van der Waals surface area contributed by atoms with Crippen molar-refractivity contribution in [1.29, 1.82) is 5.41 Å². The molecule has 0 saturated carbocycles. The fourth-order valence-electron chi connectivity index (χ4n) is 2.40. The van der Waals surface area contributed by atoms with Crippen LogP contribution in [-0.4, -0.2) is 35.5 Å². The van der Waals surface area contributed by atoms with E-state index in [0.29, 0.717) is 5.84 Å². The second-order valence-electron chi connectivity index (χ2n) is 5.28. The third-order valence-corrected chi connectivity index (χ3v) is 2.93. The van der Waals surface area contributed by atoms with Gasteiger partial charge in [0.05, 0.1) is 11.7 Å². The molecule has 0 aliphatic carbocycles. The van der Waals surface area contributed by atoms with Crippen LogP contribution in [0.4, 0.5) is 0 Å². The van der Waals surface area contributed by atoms with Crippen molar-refractivity contribution in [2.45, 2.75) is 32.5 Å². The molecule has 0 spiro atoms. The third kappa shape index (κ3) is 2.86. The predicted molar refractivity (Wildman–Crippen MR) is 69.5 cm³/mol. The van der Waals surface area contributed by atoms with Crippen molar-refractivity contribution in [3.63, 3.8) is 0 Å². The van der Waals surface area contributed by atoms with Crippen LogP contribution < -0.4 is 0 Å². The van der Waals surface area contributed by atoms with Gasteiger partial charge >= 0.3 is 0 Å². The number of rotatable bonds is 1.